The molecule has 0 saturated heterocycles. The van der Waals surface area contributed by atoms with E-state index in [2.05, 4.69) is 15.4 Å². The molecule has 2 bridgehead atoms. The van der Waals surface area contributed by atoms with Gasteiger partial charge in [0.2, 0.25) is 5.91 Å². The number of fused-ring (bicyclic) bond motifs is 7. The summed E-state index contributed by atoms with van der Waals surface area (Å²) in [6, 6.07) is 13.0. The Morgan fingerprint density at radius 3 is 2.87 bits per heavy atom. The van der Waals surface area contributed by atoms with Crippen molar-refractivity contribution in [3.63, 3.8) is 0 Å². The molecule has 2 amide bonds. The maximum Gasteiger partial charge on any atom is 0.411 e. The molecule has 3 aromatic rings. The lowest BCUT2D eigenvalue weighted by Gasteiger charge is -2.18. The van der Waals surface area contributed by atoms with E-state index in [1.165, 1.54) is 7.11 Å². The van der Waals surface area contributed by atoms with Gasteiger partial charge >= 0.3 is 6.09 Å². The first-order valence-corrected chi connectivity index (χ1v) is 10.0. The van der Waals surface area contributed by atoms with Crippen LogP contribution in [0.3, 0.4) is 0 Å². The van der Waals surface area contributed by atoms with Gasteiger partial charge in [-0.05, 0) is 37.1 Å². The average molecular weight is 407 g/mol. The third-order valence-corrected chi connectivity index (χ3v) is 5.48. The first-order chi connectivity index (χ1) is 14.5. The van der Waals surface area contributed by atoms with Crippen molar-refractivity contribution >= 4 is 34.3 Å². The summed E-state index contributed by atoms with van der Waals surface area (Å²) in [4.78, 5) is 24.4. The number of carbonyl (C=O) groups is 2. The van der Waals surface area contributed by atoms with Gasteiger partial charge in [0, 0.05) is 23.0 Å². The van der Waals surface area contributed by atoms with Crippen LogP contribution in [0.4, 0.5) is 16.2 Å². The molecule has 0 aliphatic carbocycles. The van der Waals surface area contributed by atoms with E-state index in [1.807, 2.05) is 37.3 Å². The molecule has 4 N–H and O–H groups in total. The molecule has 8 nitrogen and oxygen atoms in total. The zero-order valence-electron chi connectivity index (χ0n) is 17.0. The number of amides is 2. The Bertz CT molecular complexity index is 1110. The van der Waals surface area contributed by atoms with Gasteiger partial charge in [0.15, 0.2) is 0 Å². The van der Waals surface area contributed by atoms with Gasteiger partial charge in [0.25, 0.3) is 0 Å². The van der Waals surface area contributed by atoms with E-state index in [0.717, 1.165) is 35.9 Å². The van der Waals surface area contributed by atoms with E-state index in [0.29, 0.717) is 17.1 Å². The van der Waals surface area contributed by atoms with Crippen molar-refractivity contribution in [2.75, 3.05) is 17.7 Å². The normalized spacial score (nSPS) is 19.2. The Kier molecular flexibility index (Phi) is 5.41. The molecular formula is C22H25N5O3. The van der Waals surface area contributed by atoms with Crippen LogP contribution in [0, 0.1) is 5.92 Å². The fourth-order valence-corrected chi connectivity index (χ4v) is 3.78. The average Bonchev–Trinajstić information content (AvgIpc) is 3.12. The van der Waals surface area contributed by atoms with Crippen molar-refractivity contribution < 1.29 is 14.3 Å². The Labute approximate surface area is 174 Å². The maximum absolute atomic E-state index is 12.8. The molecule has 0 fully saturated rings. The third kappa shape index (κ3) is 3.73. The van der Waals surface area contributed by atoms with Gasteiger partial charge in [-0.15, -0.1) is 0 Å². The molecule has 8 heteroatoms. The number of ether oxygens (including phenoxy) is 1. The van der Waals surface area contributed by atoms with E-state index < -0.39 is 6.09 Å². The summed E-state index contributed by atoms with van der Waals surface area (Å²) in [7, 11) is 1.30. The van der Waals surface area contributed by atoms with Crippen LogP contribution in [-0.2, 0) is 9.53 Å². The van der Waals surface area contributed by atoms with Crippen molar-refractivity contribution in [3.05, 3.63) is 48.2 Å². The van der Waals surface area contributed by atoms with Crippen molar-refractivity contribution in [2.45, 2.75) is 32.2 Å². The molecular weight excluding hydrogens is 382 g/mol. The summed E-state index contributed by atoms with van der Waals surface area (Å²) in [5.41, 5.74) is 9.98. The van der Waals surface area contributed by atoms with E-state index in [-0.39, 0.29) is 17.9 Å². The summed E-state index contributed by atoms with van der Waals surface area (Å²) in [6.07, 6.45) is 1.73. The predicted octanol–water partition coefficient (Wildman–Crippen LogP) is 3.96. The van der Waals surface area contributed by atoms with Crippen LogP contribution < -0.4 is 16.4 Å². The number of nitrogens with zero attached hydrogens (tertiary/aromatic N) is 2. The summed E-state index contributed by atoms with van der Waals surface area (Å²) >= 11 is 0. The highest BCUT2D eigenvalue weighted by Gasteiger charge is 2.23. The van der Waals surface area contributed by atoms with Gasteiger partial charge < -0.3 is 15.8 Å². The molecule has 1 aliphatic heterocycles. The molecule has 30 heavy (non-hydrogen) atoms. The highest BCUT2D eigenvalue weighted by Crippen LogP contribution is 2.33. The fourth-order valence-electron chi connectivity index (χ4n) is 3.78. The summed E-state index contributed by atoms with van der Waals surface area (Å²) in [5, 5.41) is 11.5. The first-order valence-electron chi connectivity index (χ1n) is 10.0. The minimum Gasteiger partial charge on any atom is -0.453 e. The molecule has 4 rings (SSSR count). The number of aromatic nitrogens is 2. The quantitative estimate of drug-likeness (QED) is 0.565. The lowest BCUT2D eigenvalue weighted by atomic mass is 9.98. The number of nitrogens with one attached hydrogen (secondary N) is 2. The summed E-state index contributed by atoms with van der Waals surface area (Å²) in [6.45, 7) is 1.91. The zero-order chi connectivity index (χ0) is 21.3. The van der Waals surface area contributed by atoms with Crippen LogP contribution in [-0.4, -0.2) is 28.9 Å². The molecule has 0 radical (unpaired) electrons. The SMILES string of the molecule is COC(=O)Nc1ccc2c(c1)NC(=O)[C@H](C)CCC[C@H](N)c1nn-2c2ccccc12. The smallest absolute Gasteiger partial charge is 0.411 e. The van der Waals surface area contributed by atoms with Crippen LogP contribution in [0.15, 0.2) is 42.5 Å². The van der Waals surface area contributed by atoms with E-state index in [1.54, 1.807) is 16.8 Å². The Morgan fingerprint density at radius 1 is 1.27 bits per heavy atom. The number of carbonyl (C=O) groups excluding carboxylic acids is 2. The van der Waals surface area contributed by atoms with Crippen LogP contribution in [0.5, 0.6) is 0 Å². The van der Waals surface area contributed by atoms with E-state index in [9.17, 15) is 9.59 Å². The van der Waals surface area contributed by atoms with Gasteiger partial charge in [-0.3, -0.25) is 10.1 Å². The molecule has 2 atom stereocenters. The first kappa shape index (κ1) is 19.9. The van der Waals surface area contributed by atoms with Gasteiger partial charge in [-0.2, -0.15) is 5.10 Å². The molecule has 0 saturated carbocycles. The van der Waals surface area contributed by atoms with Gasteiger partial charge in [-0.1, -0.05) is 31.5 Å². The largest absolute Gasteiger partial charge is 0.453 e. The van der Waals surface area contributed by atoms with Gasteiger partial charge in [0.1, 0.15) is 0 Å². The number of para-hydroxylation sites is 1. The Hall–Kier alpha value is -3.39. The third-order valence-electron chi connectivity index (χ3n) is 5.48. The number of hydrogen-bond acceptors (Lipinski definition) is 5. The van der Waals surface area contributed by atoms with Gasteiger partial charge in [-0.25, -0.2) is 9.48 Å². The molecule has 1 aliphatic rings. The van der Waals surface area contributed by atoms with Crippen LogP contribution in [0.1, 0.15) is 37.9 Å². The lowest BCUT2D eigenvalue weighted by Crippen LogP contribution is -2.23. The second-order valence-corrected chi connectivity index (χ2v) is 7.59. The molecule has 0 unspecified atom stereocenters. The number of hydrogen-bond donors (Lipinski definition) is 3. The van der Waals surface area contributed by atoms with Crippen molar-refractivity contribution in [3.8, 4) is 5.69 Å². The van der Waals surface area contributed by atoms with Crippen molar-refractivity contribution in [2.24, 2.45) is 11.7 Å². The minimum absolute atomic E-state index is 0.0858. The maximum atomic E-state index is 12.8. The predicted molar refractivity (Wildman–Crippen MR) is 116 cm³/mol. The van der Waals surface area contributed by atoms with Gasteiger partial charge in [0.05, 0.1) is 29.7 Å². The Morgan fingerprint density at radius 2 is 2.07 bits per heavy atom. The molecule has 2 heterocycles. The number of benzene rings is 2. The Balaban J connectivity index is 1.90. The summed E-state index contributed by atoms with van der Waals surface area (Å²) < 4.78 is 6.47. The topological polar surface area (TPSA) is 111 Å². The zero-order valence-corrected chi connectivity index (χ0v) is 17.0. The number of anilines is 2. The monoisotopic (exact) mass is 407 g/mol. The number of nitrogens with two attached hydrogens (primary N) is 1. The van der Waals surface area contributed by atoms with E-state index in [4.69, 9.17) is 10.8 Å². The fraction of sp³-hybridized carbons (Fsp3) is 0.318. The number of rotatable bonds is 1. The highest BCUT2D eigenvalue weighted by atomic mass is 16.5. The molecule has 1 aromatic heterocycles. The standard InChI is InChI=1S/C22H25N5O3/c1-13-6-5-8-16(23)20-15-7-3-4-9-18(15)27(26-20)19-11-10-14(24-22(29)30-2)12-17(19)25-21(13)28/h3-4,7,9-13,16H,5-6,8,23H2,1-2H3,(H,24,29)(H,25,28)/t13-,16+/m1/s1. The van der Waals surface area contributed by atoms with Crippen LogP contribution in [0.2, 0.25) is 0 Å². The van der Waals surface area contributed by atoms with Crippen molar-refractivity contribution in [1.29, 1.82) is 0 Å². The minimum atomic E-state index is -0.583. The van der Waals surface area contributed by atoms with E-state index >= 15 is 0 Å². The van der Waals surface area contributed by atoms with Crippen LogP contribution in [0.25, 0.3) is 16.6 Å². The lowest BCUT2D eigenvalue weighted by molar-refractivity contribution is -0.119. The summed E-state index contributed by atoms with van der Waals surface area (Å²) in [5.74, 6) is -0.254. The second kappa shape index (κ2) is 8.16. The number of methoxy groups -OCH3 is 1. The van der Waals surface area contributed by atoms with Crippen molar-refractivity contribution in [1.82, 2.24) is 9.78 Å². The van der Waals surface area contributed by atoms with Crippen LogP contribution >= 0.6 is 0 Å². The highest BCUT2D eigenvalue weighted by molar-refractivity contribution is 5.97. The molecule has 2 aromatic carbocycles. The second-order valence-electron chi connectivity index (χ2n) is 7.59. The molecule has 0 spiro atoms. The molecule has 156 valence electrons.